The van der Waals surface area contributed by atoms with Crippen molar-refractivity contribution in [1.82, 2.24) is 5.43 Å². The summed E-state index contributed by atoms with van der Waals surface area (Å²) in [6, 6.07) is 11.9. The third-order valence-corrected chi connectivity index (χ3v) is 5.11. The summed E-state index contributed by atoms with van der Waals surface area (Å²) in [6.45, 7) is 1.38. The maximum Gasteiger partial charge on any atom is 0.259 e. The molecule has 1 N–H and O–H groups in total. The van der Waals surface area contributed by atoms with Gasteiger partial charge in [0.25, 0.3) is 5.91 Å². The van der Waals surface area contributed by atoms with Crippen molar-refractivity contribution < 1.29 is 14.3 Å². The second kappa shape index (κ2) is 7.37. The van der Waals surface area contributed by atoms with Crippen LogP contribution in [0, 0.1) is 0 Å². The number of halogens is 1. The van der Waals surface area contributed by atoms with E-state index >= 15 is 0 Å². The number of hydrazone groups is 1. The van der Waals surface area contributed by atoms with Crippen LogP contribution < -0.4 is 19.8 Å². The third kappa shape index (κ3) is 3.53. The first-order valence-electron chi connectivity index (χ1n) is 8.44. The molecule has 6 nitrogen and oxygen atoms in total. The van der Waals surface area contributed by atoms with E-state index in [1.54, 1.807) is 6.21 Å². The molecule has 26 heavy (non-hydrogen) atoms. The molecule has 0 saturated heterocycles. The minimum atomic E-state index is -0.144. The lowest BCUT2D eigenvalue weighted by atomic mass is 10.0. The molecule has 0 saturated carbocycles. The molecule has 0 radical (unpaired) electrons. The minimum Gasteiger partial charge on any atom is -0.454 e. The number of fused-ring (bicyclic) bond motifs is 2. The van der Waals surface area contributed by atoms with Gasteiger partial charge in [-0.1, -0.05) is 18.2 Å². The van der Waals surface area contributed by atoms with Crippen LogP contribution in [0.3, 0.4) is 0 Å². The lowest BCUT2D eigenvalue weighted by Gasteiger charge is -2.30. The normalized spacial score (nSPS) is 15.2. The zero-order valence-corrected chi connectivity index (χ0v) is 15.7. The lowest BCUT2D eigenvalue weighted by molar-refractivity contribution is -0.119. The molecule has 2 aromatic rings. The summed E-state index contributed by atoms with van der Waals surface area (Å²) in [7, 11) is 0. The van der Waals surface area contributed by atoms with Gasteiger partial charge < -0.3 is 14.4 Å². The van der Waals surface area contributed by atoms with Crippen LogP contribution in [0.1, 0.15) is 17.5 Å². The lowest BCUT2D eigenvalue weighted by Crippen LogP contribution is -2.38. The zero-order chi connectivity index (χ0) is 17.9. The van der Waals surface area contributed by atoms with Gasteiger partial charge in [0.05, 0.1) is 12.8 Å². The smallest absolute Gasteiger partial charge is 0.259 e. The van der Waals surface area contributed by atoms with E-state index < -0.39 is 0 Å². The van der Waals surface area contributed by atoms with E-state index in [1.165, 1.54) is 5.56 Å². The van der Waals surface area contributed by atoms with Crippen molar-refractivity contribution in [3.63, 3.8) is 0 Å². The van der Waals surface area contributed by atoms with Crippen molar-refractivity contribution in [2.24, 2.45) is 5.10 Å². The van der Waals surface area contributed by atoms with Gasteiger partial charge in [-0.3, -0.25) is 4.79 Å². The Kier molecular flexibility index (Phi) is 4.79. The van der Waals surface area contributed by atoms with E-state index in [0.29, 0.717) is 11.5 Å². The van der Waals surface area contributed by atoms with Crippen molar-refractivity contribution in [3.05, 3.63) is 52.0 Å². The Morgan fingerprint density at radius 2 is 2.08 bits per heavy atom. The number of para-hydroxylation sites is 1. The van der Waals surface area contributed by atoms with Gasteiger partial charge in [-0.2, -0.15) is 5.10 Å². The Hall–Kier alpha value is -2.54. The summed E-state index contributed by atoms with van der Waals surface area (Å²) in [5, 5.41) is 4.07. The first kappa shape index (κ1) is 16.9. The average molecular weight is 416 g/mol. The van der Waals surface area contributed by atoms with E-state index in [1.807, 2.05) is 24.3 Å². The van der Waals surface area contributed by atoms with Crippen molar-refractivity contribution >= 4 is 33.7 Å². The highest BCUT2D eigenvalue weighted by molar-refractivity contribution is 9.10. The van der Waals surface area contributed by atoms with Crippen LogP contribution in [0.5, 0.6) is 11.5 Å². The number of hydrogen-bond acceptors (Lipinski definition) is 5. The summed E-state index contributed by atoms with van der Waals surface area (Å²) in [4.78, 5) is 14.4. The second-order valence-electron chi connectivity index (χ2n) is 6.17. The number of nitrogens with zero attached hydrogens (tertiary/aromatic N) is 2. The molecule has 134 valence electrons. The molecule has 0 aliphatic carbocycles. The molecule has 2 aromatic carbocycles. The average Bonchev–Trinajstić information content (AvgIpc) is 3.09. The highest BCUT2D eigenvalue weighted by atomic mass is 79.9. The Morgan fingerprint density at radius 3 is 2.96 bits per heavy atom. The molecule has 7 heteroatoms. The summed E-state index contributed by atoms with van der Waals surface area (Å²) < 4.78 is 11.5. The van der Waals surface area contributed by atoms with E-state index in [2.05, 4.69) is 43.5 Å². The number of aryl methyl sites for hydroxylation is 1. The molecular formula is C19H18BrN3O3. The number of ether oxygens (including phenoxy) is 2. The van der Waals surface area contributed by atoms with Crippen LogP contribution >= 0.6 is 15.9 Å². The van der Waals surface area contributed by atoms with Gasteiger partial charge >= 0.3 is 0 Å². The third-order valence-electron chi connectivity index (χ3n) is 4.43. The monoisotopic (exact) mass is 415 g/mol. The van der Waals surface area contributed by atoms with Crippen LogP contribution in [-0.2, 0) is 11.2 Å². The van der Waals surface area contributed by atoms with Gasteiger partial charge in [0.1, 0.15) is 0 Å². The number of anilines is 1. The number of carbonyl (C=O) groups excluding carboxylic acids is 1. The zero-order valence-electron chi connectivity index (χ0n) is 14.1. The van der Waals surface area contributed by atoms with Gasteiger partial charge in [0.2, 0.25) is 6.79 Å². The van der Waals surface area contributed by atoms with Gasteiger partial charge in [-0.25, -0.2) is 5.43 Å². The Balaban J connectivity index is 1.38. The van der Waals surface area contributed by atoms with Crippen LogP contribution in [0.2, 0.25) is 0 Å². The Bertz CT molecular complexity index is 869. The standard InChI is InChI=1S/C19H18BrN3O3/c20-15-9-18-17(25-12-26-18)8-14(15)10-21-22-19(24)11-23-7-3-5-13-4-1-2-6-16(13)23/h1-2,4,6,8-10H,3,5,7,11-12H2,(H,22,24)/b21-10-. The topological polar surface area (TPSA) is 63.2 Å². The fourth-order valence-electron chi connectivity index (χ4n) is 3.19. The van der Waals surface area contributed by atoms with Crippen LogP contribution in [-0.4, -0.2) is 32.0 Å². The Labute approximate surface area is 159 Å². The predicted octanol–water partition coefficient (Wildman–Crippen LogP) is 3.08. The van der Waals surface area contributed by atoms with E-state index in [-0.39, 0.29) is 19.2 Å². The highest BCUT2D eigenvalue weighted by Gasteiger charge is 2.18. The van der Waals surface area contributed by atoms with Crippen molar-refractivity contribution in [2.75, 3.05) is 24.8 Å². The summed E-state index contributed by atoms with van der Waals surface area (Å²) in [5.41, 5.74) is 5.83. The number of hydrogen-bond donors (Lipinski definition) is 1. The summed E-state index contributed by atoms with van der Waals surface area (Å²) in [5.74, 6) is 1.22. The maximum absolute atomic E-state index is 12.3. The molecule has 0 aromatic heterocycles. The molecule has 0 unspecified atom stereocenters. The van der Waals surface area contributed by atoms with Crippen LogP contribution in [0.15, 0.2) is 46.0 Å². The molecule has 0 atom stereocenters. The number of carbonyl (C=O) groups is 1. The maximum atomic E-state index is 12.3. The van der Waals surface area contributed by atoms with E-state index in [4.69, 9.17) is 9.47 Å². The minimum absolute atomic E-state index is 0.144. The SMILES string of the molecule is O=C(CN1CCCc2ccccc21)N/N=C\c1cc2c(cc1Br)OCO2. The first-order chi connectivity index (χ1) is 12.7. The molecule has 0 spiro atoms. The van der Waals surface area contributed by atoms with Gasteiger partial charge in [0.15, 0.2) is 11.5 Å². The van der Waals surface area contributed by atoms with Gasteiger partial charge in [0, 0.05) is 22.3 Å². The number of amides is 1. The van der Waals surface area contributed by atoms with E-state index in [9.17, 15) is 4.79 Å². The van der Waals surface area contributed by atoms with Gasteiger partial charge in [-0.05, 0) is 52.5 Å². The van der Waals surface area contributed by atoms with Crippen LogP contribution in [0.4, 0.5) is 5.69 Å². The second-order valence-corrected chi connectivity index (χ2v) is 7.03. The largest absolute Gasteiger partial charge is 0.454 e. The number of rotatable bonds is 4. The van der Waals surface area contributed by atoms with Crippen molar-refractivity contribution in [2.45, 2.75) is 12.8 Å². The molecule has 2 aliphatic rings. The van der Waals surface area contributed by atoms with Crippen molar-refractivity contribution in [1.29, 1.82) is 0 Å². The highest BCUT2D eigenvalue weighted by Crippen LogP contribution is 2.36. The number of nitrogens with one attached hydrogen (secondary N) is 1. The van der Waals surface area contributed by atoms with Crippen LogP contribution in [0.25, 0.3) is 0 Å². The molecule has 4 rings (SSSR count). The number of benzene rings is 2. The fraction of sp³-hybridized carbons (Fsp3) is 0.263. The quantitative estimate of drug-likeness (QED) is 0.615. The van der Waals surface area contributed by atoms with Crippen molar-refractivity contribution in [3.8, 4) is 11.5 Å². The molecule has 2 heterocycles. The van der Waals surface area contributed by atoms with E-state index in [0.717, 1.165) is 35.1 Å². The summed E-state index contributed by atoms with van der Waals surface area (Å²) in [6.07, 6.45) is 3.70. The molecule has 0 fully saturated rings. The Morgan fingerprint density at radius 1 is 1.27 bits per heavy atom. The molecular weight excluding hydrogens is 398 g/mol. The molecule has 2 aliphatic heterocycles. The first-order valence-corrected chi connectivity index (χ1v) is 9.24. The molecule has 0 bridgehead atoms. The fourth-order valence-corrected chi connectivity index (χ4v) is 3.61. The summed E-state index contributed by atoms with van der Waals surface area (Å²) >= 11 is 3.47. The molecule has 1 amide bonds. The van der Waals surface area contributed by atoms with Gasteiger partial charge in [-0.15, -0.1) is 0 Å². The predicted molar refractivity (Wildman–Crippen MR) is 103 cm³/mol.